The van der Waals surface area contributed by atoms with Gasteiger partial charge >= 0.3 is 0 Å². The van der Waals surface area contributed by atoms with Gasteiger partial charge in [0.05, 0.1) is 23.4 Å². The second-order valence-electron chi connectivity index (χ2n) is 6.41. The number of thiazole rings is 1. The van der Waals surface area contributed by atoms with Gasteiger partial charge in [0, 0.05) is 28.8 Å². The fourth-order valence-corrected chi connectivity index (χ4v) is 4.41. The summed E-state index contributed by atoms with van der Waals surface area (Å²) in [5.74, 6) is -0.195. The van der Waals surface area contributed by atoms with Gasteiger partial charge in [0.15, 0.2) is 5.13 Å². The smallest absolute Gasteiger partial charge is 0.278 e. The highest BCUT2D eigenvalue weighted by Crippen LogP contribution is 2.34. The highest BCUT2D eigenvalue weighted by atomic mass is 35.5. The molecule has 4 rings (SSSR count). The van der Waals surface area contributed by atoms with E-state index >= 15 is 0 Å². The fraction of sp³-hybridized carbons (Fsp3) is 0.250. The molecular formula is C20H17Cl2N3O2S. The number of rotatable bonds is 5. The first-order valence-corrected chi connectivity index (χ1v) is 10.5. The number of amides is 1. The molecule has 0 radical (unpaired) electrons. The highest BCUT2D eigenvalue weighted by Gasteiger charge is 2.27. The van der Waals surface area contributed by atoms with Crippen LogP contribution < -0.4 is 4.90 Å². The van der Waals surface area contributed by atoms with Crippen molar-refractivity contribution in [3.8, 4) is 11.3 Å². The zero-order chi connectivity index (χ0) is 19.5. The van der Waals surface area contributed by atoms with E-state index in [-0.39, 0.29) is 12.0 Å². The molecule has 3 aromatic rings. The zero-order valence-electron chi connectivity index (χ0n) is 14.8. The molecular weight excluding hydrogens is 417 g/mol. The number of nitrogens with zero attached hydrogens (tertiary/aromatic N) is 3. The normalized spacial score (nSPS) is 16.3. The van der Waals surface area contributed by atoms with Crippen molar-refractivity contribution in [1.29, 1.82) is 0 Å². The van der Waals surface area contributed by atoms with E-state index in [9.17, 15) is 4.79 Å². The fourth-order valence-electron chi connectivity index (χ4n) is 3.08. The topological polar surface area (TPSA) is 55.3 Å². The Bertz CT molecular complexity index is 975. The maximum absolute atomic E-state index is 13.1. The van der Waals surface area contributed by atoms with E-state index < -0.39 is 0 Å². The number of carbonyl (C=O) groups excluding carboxylic acids is 1. The molecule has 0 unspecified atom stereocenters. The first kappa shape index (κ1) is 19.3. The predicted molar refractivity (Wildman–Crippen MR) is 112 cm³/mol. The van der Waals surface area contributed by atoms with Gasteiger partial charge in [-0.3, -0.25) is 14.7 Å². The Morgan fingerprint density at radius 1 is 1.29 bits per heavy atom. The van der Waals surface area contributed by atoms with Gasteiger partial charge in [0.25, 0.3) is 5.91 Å². The number of aromatic nitrogens is 2. The minimum atomic E-state index is -0.195. The predicted octanol–water partition coefficient (Wildman–Crippen LogP) is 5.34. The molecule has 0 spiro atoms. The summed E-state index contributed by atoms with van der Waals surface area (Å²) in [6.07, 6.45) is 3.53. The standard InChI is InChI=1S/C20H17Cl2N3O2S/c21-13-6-7-15(16(22)10-13)18-12-28-20(24-18)25(11-14-4-3-9-27-14)19(26)17-5-1-2-8-23-17/h1-2,5-8,10,12,14H,3-4,9,11H2/t14-/m0/s1. The summed E-state index contributed by atoms with van der Waals surface area (Å²) < 4.78 is 5.74. The molecule has 1 saturated heterocycles. The molecule has 0 aliphatic carbocycles. The lowest BCUT2D eigenvalue weighted by Crippen LogP contribution is -2.37. The van der Waals surface area contributed by atoms with Crippen molar-refractivity contribution in [1.82, 2.24) is 9.97 Å². The third-order valence-electron chi connectivity index (χ3n) is 4.47. The second kappa shape index (κ2) is 8.57. The third-order valence-corrected chi connectivity index (χ3v) is 5.88. The van der Waals surface area contributed by atoms with E-state index in [4.69, 9.17) is 27.9 Å². The molecule has 1 aliphatic heterocycles. The molecule has 144 valence electrons. The lowest BCUT2D eigenvalue weighted by Gasteiger charge is -2.22. The zero-order valence-corrected chi connectivity index (χ0v) is 17.2. The van der Waals surface area contributed by atoms with E-state index in [0.717, 1.165) is 25.0 Å². The van der Waals surface area contributed by atoms with E-state index in [0.29, 0.717) is 33.1 Å². The summed E-state index contributed by atoms with van der Waals surface area (Å²) in [6.45, 7) is 1.16. The summed E-state index contributed by atoms with van der Waals surface area (Å²) in [5, 5.41) is 3.56. The summed E-state index contributed by atoms with van der Waals surface area (Å²) >= 11 is 13.7. The van der Waals surface area contributed by atoms with Gasteiger partial charge in [-0.2, -0.15) is 0 Å². The minimum Gasteiger partial charge on any atom is -0.376 e. The number of anilines is 1. The van der Waals surface area contributed by atoms with Gasteiger partial charge in [-0.05, 0) is 43.2 Å². The first-order valence-electron chi connectivity index (χ1n) is 8.87. The van der Waals surface area contributed by atoms with Crippen LogP contribution in [0.15, 0.2) is 48.0 Å². The molecule has 1 amide bonds. The molecule has 0 bridgehead atoms. The number of hydrogen-bond acceptors (Lipinski definition) is 5. The van der Waals surface area contributed by atoms with Gasteiger partial charge in [-0.25, -0.2) is 4.98 Å². The molecule has 2 aromatic heterocycles. The summed E-state index contributed by atoms with van der Waals surface area (Å²) in [5.41, 5.74) is 1.85. The van der Waals surface area contributed by atoms with Crippen LogP contribution in [0.3, 0.4) is 0 Å². The highest BCUT2D eigenvalue weighted by molar-refractivity contribution is 7.14. The maximum Gasteiger partial charge on any atom is 0.278 e. The minimum absolute atomic E-state index is 0.000804. The van der Waals surface area contributed by atoms with Crippen LogP contribution in [0.1, 0.15) is 23.3 Å². The molecule has 0 saturated carbocycles. The average molecular weight is 434 g/mol. The van der Waals surface area contributed by atoms with Crippen LogP contribution in [0.2, 0.25) is 10.0 Å². The summed E-state index contributed by atoms with van der Waals surface area (Å²) in [4.78, 5) is 23.6. The quantitative estimate of drug-likeness (QED) is 0.544. The number of halogens is 2. The van der Waals surface area contributed by atoms with E-state index in [1.54, 1.807) is 41.4 Å². The van der Waals surface area contributed by atoms with Crippen LogP contribution in [0.5, 0.6) is 0 Å². The van der Waals surface area contributed by atoms with E-state index in [2.05, 4.69) is 9.97 Å². The van der Waals surface area contributed by atoms with Crippen LogP contribution in [0, 0.1) is 0 Å². The van der Waals surface area contributed by atoms with Gasteiger partial charge in [-0.15, -0.1) is 11.3 Å². The van der Waals surface area contributed by atoms with Crippen molar-refractivity contribution in [2.75, 3.05) is 18.1 Å². The molecule has 1 aliphatic rings. The van der Waals surface area contributed by atoms with Crippen molar-refractivity contribution in [2.45, 2.75) is 18.9 Å². The van der Waals surface area contributed by atoms with Gasteiger partial charge < -0.3 is 4.74 Å². The van der Waals surface area contributed by atoms with Crippen LogP contribution in [-0.2, 0) is 4.74 Å². The lowest BCUT2D eigenvalue weighted by molar-refractivity contribution is 0.0913. The average Bonchev–Trinajstić information content (AvgIpc) is 3.38. The number of benzene rings is 1. The van der Waals surface area contributed by atoms with Crippen LogP contribution >= 0.6 is 34.5 Å². The Balaban J connectivity index is 1.66. The molecule has 3 heterocycles. The Labute approximate surface area is 176 Å². The monoisotopic (exact) mass is 433 g/mol. The first-order chi connectivity index (χ1) is 13.6. The number of pyridine rings is 1. The molecule has 8 heteroatoms. The molecule has 28 heavy (non-hydrogen) atoms. The SMILES string of the molecule is O=C(c1ccccn1)N(C[C@@H]1CCCO1)c1nc(-c2ccc(Cl)cc2Cl)cs1. The van der Waals surface area contributed by atoms with Crippen molar-refractivity contribution in [2.24, 2.45) is 0 Å². The Morgan fingerprint density at radius 2 is 2.18 bits per heavy atom. The van der Waals surface area contributed by atoms with E-state index in [1.165, 1.54) is 11.3 Å². The largest absolute Gasteiger partial charge is 0.376 e. The molecule has 1 fully saturated rings. The molecule has 5 nitrogen and oxygen atoms in total. The Morgan fingerprint density at radius 3 is 2.89 bits per heavy atom. The Hall–Kier alpha value is -1.99. The third kappa shape index (κ3) is 4.20. The van der Waals surface area contributed by atoms with Gasteiger partial charge in [0.1, 0.15) is 5.69 Å². The molecule has 1 aromatic carbocycles. The summed E-state index contributed by atoms with van der Waals surface area (Å²) in [7, 11) is 0. The number of ether oxygens (including phenoxy) is 1. The Kier molecular flexibility index (Phi) is 5.92. The summed E-state index contributed by atoms with van der Waals surface area (Å²) in [6, 6.07) is 10.6. The molecule has 1 atom stereocenters. The van der Waals surface area contributed by atoms with Crippen molar-refractivity contribution < 1.29 is 9.53 Å². The van der Waals surface area contributed by atoms with Crippen LogP contribution in [0.4, 0.5) is 5.13 Å². The second-order valence-corrected chi connectivity index (χ2v) is 8.09. The van der Waals surface area contributed by atoms with Gasteiger partial charge in [0.2, 0.25) is 0 Å². The van der Waals surface area contributed by atoms with Gasteiger partial charge in [-0.1, -0.05) is 29.3 Å². The number of hydrogen-bond donors (Lipinski definition) is 0. The number of carbonyl (C=O) groups is 1. The van der Waals surface area contributed by atoms with Crippen LogP contribution in [0.25, 0.3) is 11.3 Å². The van der Waals surface area contributed by atoms with Crippen molar-refractivity contribution in [3.63, 3.8) is 0 Å². The van der Waals surface area contributed by atoms with Crippen molar-refractivity contribution in [3.05, 3.63) is 63.7 Å². The van der Waals surface area contributed by atoms with E-state index in [1.807, 2.05) is 11.4 Å². The molecule has 0 N–H and O–H groups in total. The lowest BCUT2D eigenvalue weighted by atomic mass is 10.2. The maximum atomic E-state index is 13.1. The van der Waals surface area contributed by atoms with Crippen LogP contribution in [-0.4, -0.2) is 35.1 Å². The van der Waals surface area contributed by atoms with Crippen molar-refractivity contribution >= 4 is 45.6 Å².